The molecule has 1 saturated heterocycles. The van der Waals surface area contributed by atoms with Crippen LogP contribution in [0, 0.1) is 45.8 Å². The molecule has 4 saturated carbocycles. The van der Waals surface area contributed by atoms with E-state index in [9.17, 15) is 14.1 Å². The van der Waals surface area contributed by atoms with Gasteiger partial charge in [0, 0.05) is 54.0 Å². The molecule has 2 N–H and O–H groups in total. The molecule has 5 fully saturated rings. The van der Waals surface area contributed by atoms with Crippen molar-refractivity contribution in [1.29, 1.82) is 0 Å². The Morgan fingerprint density at radius 1 is 0.957 bits per heavy atom. The summed E-state index contributed by atoms with van der Waals surface area (Å²) in [5, 5.41) is 13.6. The van der Waals surface area contributed by atoms with E-state index in [4.69, 9.17) is 0 Å². The van der Waals surface area contributed by atoms with Gasteiger partial charge in [-0.15, -0.1) is 6.58 Å². The Morgan fingerprint density at radius 2 is 1.66 bits per heavy atom. The summed E-state index contributed by atoms with van der Waals surface area (Å²) in [5.74, 6) is 4.82. The Morgan fingerprint density at radius 3 is 2.34 bits per heavy atom. The Kier molecular flexibility index (Phi) is 10.1. The number of carboxylic acids is 1. The molecule has 6 aliphatic rings. The van der Waals surface area contributed by atoms with Gasteiger partial charge in [-0.05, 0) is 134 Å². The lowest BCUT2D eigenvalue weighted by molar-refractivity contribution is -0.172. The lowest BCUT2D eigenvalue weighted by Gasteiger charge is -2.68. The van der Waals surface area contributed by atoms with Gasteiger partial charge in [0.1, 0.15) is 0 Å². The first-order valence-corrected chi connectivity index (χ1v) is 20.3. The predicted molar refractivity (Wildman–Crippen MR) is 196 cm³/mol. The third-order valence-corrected chi connectivity index (χ3v) is 16.0. The van der Waals surface area contributed by atoms with Crippen LogP contribution in [0.1, 0.15) is 115 Å². The second kappa shape index (κ2) is 13.5. The molecule has 1 aliphatic heterocycles. The second-order valence-corrected chi connectivity index (χ2v) is 18.8. The standard InChI is InChI=1S/C38H56N2O3S.C3H6/c1-35(2)29(26-7-9-27(10-8-26)34(41)42)13-17-37(4)32(35)15-18-36(3)30-14-19-38(39-20-21-40-22-24-44(43)25-23-40)16-5-6-31(38)28(30)11-12-33(36)37;1-3-2/h7-10,13,28,30-33,39H,5-6,11-12,14-25H2,1-4H3,(H,41,42);3H,1H2,2H3. The third kappa shape index (κ3) is 6.16. The summed E-state index contributed by atoms with van der Waals surface area (Å²) in [6, 6.07) is 7.63. The van der Waals surface area contributed by atoms with E-state index >= 15 is 0 Å². The van der Waals surface area contributed by atoms with Crippen molar-refractivity contribution >= 4 is 22.3 Å². The van der Waals surface area contributed by atoms with Crippen LogP contribution in [0.3, 0.4) is 0 Å². The Labute approximate surface area is 287 Å². The SMILES string of the molecule is C=CC.CC1(C)C(c2ccc(C(=O)O)cc2)=CCC2(C)C1CCC1(C)C3CCC4(NCCN5CCS(=O)CC5)CCCC4C3CCC12. The van der Waals surface area contributed by atoms with Gasteiger partial charge in [-0.1, -0.05) is 58.4 Å². The zero-order chi connectivity index (χ0) is 33.6. The summed E-state index contributed by atoms with van der Waals surface area (Å²) in [6.45, 7) is 19.8. The molecule has 1 heterocycles. The van der Waals surface area contributed by atoms with Crippen LogP contribution in [0.5, 0.6) is 0 Å². The molecule has 8 unspecified atom stereocenters. The van der Waals surface area contributed by atoms with Crippen molar-refractivity contribution in [2.24, 2.45) is 45.8 Å². The number of nitrogens with one attached hydrogen (secondary N) is 1. The smallest absolute Gasteiger partial charge is 0.335 e. The molecule has 0 radical (unpaired) electrons. The monoisotopic (exact) mass is 662 g/mol. The number of nitrogens with zero attached hydrogens (tertiary/aromatic N) is 1. The average Bonchev–Trinajstić information content (AvgIpc) is 3.47. The summed E-state index contributed by atoms with van der Waals surface area (Å²) in [5.41, 5.74) is 4.15. The van der Waals surface area contributed by atoms with Crippen molar-refractivity contribution < 1.29 is 14.1 Å². The van der Waals surface area contributed by atoms with Crippen molar-refractivity contribution in [3.05, 3.63) is 54.1 Å². The summed E-state index contributed by atoms with van der Waals surface area (Å²) >= 11 is 0. The number of carbonyl (C=O) groups is 1. The second-order valence-electron chi connectivity index (χ2n) is 17.1. The fourth-order valence-corrected chi connectivity index (χ4v) is 13.9. The molecule has 0 bridgehead atoms. The molecular formula is C41H62N2O3S. The number of hydrogen-bond acceptors (Lipinski definition) is 4. The van der Waals surface area contributed by atoms with Gasteiger partial charge in [0.2, 0.25) is 0 Å². The molecule has 47 heavy (non-hydrogen) atoms. The maximum atomic E-state index is 11.8. The van der Waals surface area contributed by atoms with Gasteiger partial charge in [0.15, 0.2) is 0 Å². The molecule has 7 rings (SSSR count). The van der Waals surface area contributed by atoms with E-state index in [0.717, 1.165) is 67.8 Å². The predicted octanol–water partition coefficient (Wildman–Crippen LogP) is 8.44. The molecule has 0 amide bonds. The van der Waals surface area contributed by atoms with Gasteiger partial charge in [-0.25, -0.2) is 4.79 Å². The van der Waals surface area contributed by atoms with Crippen LogP contribution in [0.15, 0.2) is 43.0 Å². The van der Waals surface area contributed by atoms with Crippen molar-refractivity contribution in [3.63, 3.8) is 0 Å². The molecule has 6 heteroatoms. The van der Waals surface area contributed by atoms with E-state index in [1.807, 2.05) is 19.1 Å². The average molecular weight is 663 g/mol. The molecular weight excluding hydrogens is 601 g/mol. The molecule has 8 atom stereocenters. The molecule has 5 nitrogen and oxygen atoms in total. The van der Waals surface area contributed by atoms with Crippen LogP contribution < -0.4 is 5.32 Å². The minimum atomic E-state index is -0.853. The molecule has 0 aromatic heterocycles. The topological polar surface area (TPSA) is 69.6 Å². The normalized spacial score (nSPS) is 39.6. The number of benzene rings is 1. The molecule has 1 aromatic carbocycles. The van der Waals surface area contributed by atoms with Crippen LogP contribution in [0.25, 0.3) is 5.57 Å². The quantitative estimate of drug-likeness (QED) is 0.299. The summed E-state index contributed by atoms with van der Waals surface area (Å²) < 4.78 is 11.8. The first kappa shape index (κ1) is 35.1. The van der Waals surface area contributed by atoms with E-state index < -0.39 is 16.8 Å². The van der Waals surface area contributed by atoms with E-state index in [0.29, 0.717) is 27.9 Å². The molecule has 1 aromatic rings. The van der Waals surface area contributed by atoms with Gasteiger partial charge >= 0.3 is 5.97 Å². The number of rotatable bonds is 6. The fraction of sp³-hybridized carbons (Fsp3) is 0.732. The first-order valence-electron chi connectivity index (χ1n) is 18.8. The van der Waals surface area contributed by atoms with Gasteiger partial charge in [0.05, 0.1) is 5.56 Å². The van der Waals surface area contributed by atoms with Gasteiger partial charge in [0.25, 0.3) is 0 Å². The summed E-state index contributed by atoms with van der Waals surface area (Å²) in [6.07, 6.45) is 17.8. The van der Waals surface area contributed by atoms with Crippen LogP contribution in [-0.2, 0) is 10.8 Å². The van der Waals surface area contributed by atoms with E-state index in [2.05, 4.69) is 50.6 Å². The third-order valence-electron chi connectivity index (χ3n) is 14.7. The van der Waals surface area contributed by atoms with Crippen LogP contribution in [0.2, 0.25) is 0 Å². The van der Waals surface area contributed by atoms with Crippen LogP contribution in [0.4, 0.5) is 0 Å². The van der Waals surface area contributed by atoms with Crippen molar-refractivity contribution in [3.8, 4) is 0 Å². The van der Waals surface area contributed by atoms with Gasteiger partial charge in [-0.3, -0.25) is 4.21 Å². The Bertz CT molecular complexity index is 1360. The van der Waals surface area contributed by atoms with E-state index in [1.165, 1.54) is 68.9 Å². The van der Waals surface area contributed by atoms with Crippen LogP contribution >= 0.6 is 0 Å². The van der Waals surface area contributed by atoms with E-state index in [-0.39, 0.29) is 5.41 Å². The van der Waals surface area contributed by atoms with Gasteiger partial charge < -0.3 is 15.3 Å². The highest BCUT2D eigenvalue weighted by molar-refractivity contribution is 7.85. The highest BCUT2D eigenvalue weighted by Gasteiger charge is 2.65. The maximum absolute atomic E-state index is 11.8. The number of allylic oxidation sites excluding steroid dienone is 3. The highest BCUT2D eigenvalue weighted by Crippen LogP contribution is 2.72. The zero-order valence-electron chi connectivity index (χ0n) is 30.0. The largest absolute Gasteiger partial charge is 0.478 e. The number of hydrogen-bond donors (Lipinski definition) is 2. The summed E-state index contributed by atoms with van der Waals surface area (Å²) in [7, 11) is -0.595. The highest BCUT2D eigenvalue weighted by atomic mass is 32.2. The minimum absolute atomic E-state index is 0.0659. The zero-order valence-corrected chi connectivity index (χ0v) is 30.8. The molecule has 0 spiro atoms. The minimum Gasteiger partial charge on any atom is -0.478 e. The lowest BCUT2D eigenvalue weighted by atomic mass is 9.37. The fourth-order valence-electron chi connectivity index (χ4n) is 12.8. The number of carboxylic acid groups (broad SMARTS) is 1. The lowest BCUT2D eigenvalue weighted by Crippen LogP contribution is -2.63. The molecule has 260 valence electrons. The van der Waals surface area contributed by atoms with Crippen molar-refractivity contribution in [2.45, 2.75) is 104 Å². The Hall–Kier alpha value is -1.76. The van der Waals surface area contributed by atoms with E-state index in [1.54, 1.807) is 18.2 Å². The summed E-state index contributed by atoms with van der Waals surface area (Å²) in [4.78, 5) is 14.0. The number of aromatic carboxylic acids is 1. The van der Waals surface area contributed by atoms with Crippen LogP contribution in [-0.4, -0.2) is 63.4 Å². The maximum Gasteiger partial charge on any atom is 0.335 e. The molecule has 5 aliphatic carbocycles. The van der Waals surface area contributed by atoms with Crippen molar-refractivity contribution in [1.82, 2.24) is 10.2 Å². The van der Waals surface area contributed by atoms with Gasteiger partial charge in [-0.2, -0.15) is 0 Å². The first-order chi connectivity index (χ1) is 22.4. The Balaban J connectivity index is 0.00000124. The van der Waals surface area contributed by atoms with Crippen molar-refractivity contribution in [2.75, 3.05) is 37.7 Å². The number of fused-ring (bicyclic) bond motifs is 7.